The fourth-order valence-electron chi connectivity index (χ4n) is 3.74. The van der Waals surface area contributed by atoms with Gasteiger partial charge in [0.15, 0.2) is 5.96 Å². The number of aliphatic imine (C=N–C) groups is 1. The number of hydrogen-bond donors (Lipinski definition) is 1. The fourth-order valence-corrected chi connectivity index (χ4v) is 3.74. The molecule has 0 bridgehead atoms. The van der Waals surface area contributed by atoms with Gasteiger partial charge in [-0.3, -0.25) is 9.89 Å². The molecule has 2 aliphatic rings. The summed E-state index contributed by atoms with van der Waals surface area (Å²) in [5, 5.41) is 3.46. The van der Waals surface area contributed by atoms with Gasteiger partial charge < -0.3 is 19.7 Å². The Morgan fingerprint density at radius 2 is 1.92 bits per heavy atom. The largest absolute Gasteiger partial charge is 0.381 e. The lowest BCUT2D eigenvalue weighted by Crippen LogP contribution is -2.43. The molecule has 2 saturated heterocycles. The van der Waals surface area contributed by atoms with Crippen molar-refractivity contribution in [3.63, 3.8) is 0 Å². The smallest absolute Gasteiger partial charge is 0.193 e. The van der Waals surface area contributed by atoms with Crippen LogP contribution >= 0.6 is 24.0 Å². The summed E-state index contributed by atoms with van der Waals surface area (Å²) in [5.41, 5.74) is 0. The molecule has 0 aromatic heterocycles. The second kappa shape index (κ2) is 14.0. The SMILES string of the molecule is CCNC(=NCCCOC1CCOCC1)N1CCC(N(CC)CC)C1.I. The van der Waals surface area contributed by atoms with E-state index in [0.29, 0.717) is 12.1 Å². The number of nitrogens with zero attached hydrogens (tertiary/aromatic N) is 3. The Kier molecular flexibility index (Phi) is 12.8. The maximum Gasteiger partial charge on any atom is 0.193 e. The number of likely N-dealkylation sites (tertiary alicyclic amines) is 1. The van der Waals surface area contributed by atoms with Crippen molar-refractivity contribution >= 4 is 29.9 Å². The topological polar surface area (TPSA) is 49.3 Å². The van der Waals surface area contributed by atoms with Gasteiger partial charge in [-0.05, 0) is 45.7 Å². The molecule has 154 valence electrons. The van der Waals surface area contributed by atoms with Crippen molar-refractivity contribution in [1.82, 2.24) is 15.1 Å². The summed E-state index contributed by atoms with van der Waals surface area (Å²) in [6, 6.07) is 0.663. The summed E-state index contributed by atoms with van der Waals surface area (Å²) in [5.74, 6) is 1.07. The Bertz CT molecular complexity index is 388. The van der Waals surface area contributed by atoms with Crippen LogP contribution in [0.15, 0.2) is 4.99 Å². The zero-order valence-electron chi connectivity index (χ0n) is 16.9. The fraction of sp³-hybridized carbons (Fsp3) is 0.947. The van der Waals surface area contributed by atoms with E-state index < -0.39 is 0 Å². The highest BCUT2D eigenvalue weighted by atomic mass is 127. The monoisotopic (exact) mass is 482 g/mol. The van der Waals surface area contributed by atoms with Crippen molar-refractivity contribution in [2.45, 2.75) is 58.6 Å². The van der Waals surface area contributed by atoms with Crippen molar-refractivity contribution in [2.24, 2.45) is 4.99 Å². The van der Waals surface area contributed by atoms with Crippen LogP contribution in [0.2, 0.25) is 0 Å². The summed E-state index contributed by atoms with van der Waals surface area (Å²) in [6.45, 7) is 15.3. The minimum absolute atomic E-state index is 0. The molecule has 0 aromatic carbocycles. The van der Waals surface area contributed by atoms with E-state index in [0.717, 1.165) is 84.3 Å². The van der Waals surface area contributed by atoms with Crippen LogP contribution in [0.25, 0.3) is 0 Å². The molecule has 0 aromatic rings. The maximum atomic E-state index is 5.94. The van der Waals surface area contributed by atoms with Crippen LogP contribution in [-0.4, -0.2) is 87.0 Å². The third kappa shape index (κ3) is 7.86. The average molecular weight is 482 g/mol. The number of ether oxygens (including phenoxy) is 2. The first-order valence-electron chi connectivity index (χ1n) is 10.2. The summed E-state index contributed by atoms with van der Waals surface area (Å²) >= 11 is 0. The number of guanidine groups is 1. The summed E-state index contributed by atoms with van der Waals surface area (Å²) in [6.07, 6.45) is 4.68. The van der Waals surface area contributed by atoms with E-state index in [1.54, 1.807) is 0 Å². The lowest BCUT2D eigenvalue weighted by Gasteiger charge is -2.27. The van der Waals surface area contributed by atoms with Crippen LogP contribution in [-0.2, 0) is 9.47 Å². The van der Waals surface area contributed by atoms with Gasteiger partial charge >= 0.3 is 0 Å². The molecular formula is C19H39IN4O2. The minimum atomic E-state index is 0. The molecule has 0 aliphatic carbocycles. The molecule has 0 saturated carbocycles. The molecule has 6 nitrogen and oxygen atoms in total. The molecule has 26 heavy (non-hydrogen) atoms. The lowest BCUT2D eigenvalue weighted by atomic mass is 10.1. The van der Waals surface area contributed by atoms with E-state index in [1.165, 1.54) is 6.42 Å². The average Bonchev–Trinajstić information content (AvgIpc) is 3.12. The van der Waals surface area contributed by atoms with E-state index in [-0.39, 0.29) is 24.0 Å². The van der Waals surface area contributed by atoms with Gasteiger partial charge in [0.25, 0.3) is 0 Å². The van der Waals surface area contributed by atoms with Gasteiger partial charge in [-0.15, -0.1) is 24.0 Å². The number of rotatable bonds is 9. The highest BCUT2D eigenvalue weighted by Gasteiger charge is 2.27. The van der Waals surface area contributed by atoms with Gasteiger partial charge in [0.2, 0.25) is 0 Å². The van der Waals surface area contributed by atoms with Crippen LogP contribution in [0.1, 0.15) is 46.5 Å². The van der Waals surface area contributed by atoms with Crippen molar-refractivity contribution in [3.05, 3.63) is 0 Å². The van der Waals surface area contributed by atoms with Crippen molar-refractivity contribution < 1.29 is 9.47 Å². The number of nitrogens with one attached hydrogen (secondary N) is 1. The predicted molar refractivity (Wildman–Crippen MR) is 119 cm³/mol. The second-order valence-electron chi connectivity index (χ2n) is 6.88. The predicted octanol–water partition coefficient (Wildman–Crippen LogP) is 2.57. The van der Waals surface area contributed by atoms with Crippen molar-refractivity contribution in [2.75, 3.05) is 59.1 Å². The van der Waals surface area contributed by atoms with E-state index in [9.17, 15) is 0 Å². The third-order valence-electron chi connectivity index (χ3n) is 5.21. The van der Waals surface area contributed by atoms with Gasteiger partial charge in [0, 0.05) is 52.0 Å². The van der Waals surface area contributed by atoms with Gasteiger partial charge in [-0.1, -0.05) is 13.8 Å². The van der Waals surface area contributed by atoms with E-state index >= 15 is 0 Å². The normalized spacial score (nSPS) is 21.9. The van der Waals surface area contributed by atoms with Gasteiger partial charge in [-0.25, -0.2) is 0 Å². The zero-order chi connectivity index (χ0) is 17.9. The molecule has 0 amide bonds. The van der Waals surface area contributed by atoms with Crippen LogP contribution in [0.3, 0.4) is 0 Å². The number of halogens is 1. The molecule has 2 aliphatic heterocycles. The molecular weight excluding hydrogens is 443 g/mol. The van der Waals surface area contributed by atoms with Crippen LogP contribution in [0.4, 0.5) is 0 Å². The zero-order valence-corrected chi connectivity index (χ0v) is 19.2. The molecule has 0 radical (unpaired) electrons. The number of hydrogen-bond acceptors (Lipinski definition) is 4. The van der Waals surface area contributed by atoms with E-state index in [4.69, 9.17) is 14.5 Å². The van der Waals surface area contributed by atoms with Crippen LogP contribution in [0.5, 0.6) is 0 Å². The summed E-state index contributed by atoms with van der Waals surface area (Å²) in [4.78, 5) is 9.82. The summed E-state index contributed by atoms with van der Waals surface area (Å²) < 4.78 is 11.3. The molecule has 1 unspecified atom stereocenters. The molecule has 0 spiro atoms. The second-order valence-corrected chi connectivity index (χ2v) is 6.88. The molecule has 1 N–H and O–H groups in total. The Morgan fingerprint density at radius 1 is 1.19 bits per heavy atom. The standard InChI is InChI=1S/C19H38N4O2.HI/c1-4-20-19(23-12-8-17(16-23)22(5-2)6-3)21-11-7-13-25-18-9-14-24-15-10-18;/h17-18H,4-16H2,1-3H3,(H,20,21);1H. The van der Waals surface area contributed by atoms with Gasteiger partial charge in [0.1, 0.15) is 0 Å². The van der Waals surface area contributed by atoms with E-state index in [2.05, 4.69) is 35.9 Å². The Morgan fingerprint density at radius 3 is 2.58 bits per heavy atom. The quantitative estimate of drug-likeness (QED) is 0.237. The van der Waals surface area contributed by atoms with Crippen molar-refractivity contribution in [3.8, 4) is 0 Å². The molecule has 2 rings (SSSR count). The highest BCUT2D eigenvalue weighted by Crippen LogP contribution is 2.15. The van der Waals surface area contributed by atoms with Gasteiger partial charge in [0.05, 0.1) is 6.10 Å². The molecule has 7 heteroatoms. The Hall–Kier alpha value is -0.120. The highest BCUT2D eigenvalue weighted by molar-refractivity contribution is 14.0. The first kappa shape index (κ1) is 23.9. The maximum absolute atomic E-state index is 5.94. The first-order valence-corrected chi connectivity index (χ1v) is 10.2. The minimum Gasteiger partial charge on any atom is -0.381 e. The van der Waals surface area contributed by atoms with Gasteiger partial charge in [-0.2, -0.15) is 0 Å². The molecule has 1 atom stereocenters. The third-order valence-corrected chi connectivity index (χ3v) is 5.21. The molecule has 2 heterocycles. The summed E-state index contributed by atoms with van der Waals surface area (Å²) in [7, 11) is 0. The molecule has 2 fully saturated rings. The van der Waals surface area contributed by atoms with E-state index in [1.807, 2.05) is 0 Å². The Balaban J connectivity index is 0.00000338. The Labute approximate surface area is 177 Å². The lowest BCUT2D eigenvalue weighted by molar-refractivity contribution is -0.0318. The first-order chi connectivity index (χ1) is 12.3. The number of likely N-dealkylation sites (N-methyl/N-ethyl adjacent to an activating group) is 1. The van der Waals surface area contributed by atoms with Crippen LogP contribution in [0, 0.1) is 0 Å². The van der Waals surface area contributed by atoms with Crippen LogP contribution < -0.4 is 5.32 Å². The van der Waals surface area contributed by atoms with Crippen molar-refractivity contribution in [1.29, 1.82) is 0 Å².